The third-order valence-electron chi connectivity index (χ3n) is 3.03. The summed E-state index contributed by atoms with van der Waals surface area (Å²) in [6, 6.07) is 8.30. The monoisotopic (exact) mass is 357 g/mol. The molecular weight excluding hydrogens is 342 g/mol. The second-order valence-electron chi connectivity index (χ2n) is 5.03. The van der Waals surface area contributed by atoms with E-state index in [9.17, 15) is 22.4 Å². The molecule has 25 heavy (non-hydrogen) atoms. The number of carbonyl (C=O) groups excluding carboxylic acids is 1. The maximum absolute atomic E-state index is 13.4. The van der Waals surface area contributed by atoms with E-state index in [1.807, 2.05) is 0 Å². The van der Waals surface area contributed by atoms with Crippen LogP contribution in [0.4, 0.5) is 22.4 Å². The summed E-state index contributed by atoms with van der Waals surface area (Å²) in [6.07, 6.45) is -3.18. The normalized spacial score (nSPS) is 11.0. The summed E-state index contributed by atoms with van der Waals surface area (Å²) in [5.74, 6) is -0.619. The molecule has 2 N–H and O–H groups in total. The quantitative estimate of drug-likeness (QED) is 0.781. The van der Waals surface area contributed by atoms with E-state index in [0.717, 1.165) is 0 Å². The van der Waals surface area contributed by atoms with E-state index in [1.165, 1.54) is 24.4 Å². The molecule has 0 unspecified atom stereocenters. The molecule has 0 fully saturated rings. The van der Waals surface area contributed by atoms with Gasteiger partial charge in [0.1, 0.15) is 5.82 Å². The minimum Gasteiger partial charge on any atom is -0.468 e. The first-order chi connectivity index (χ1) is 11.8. The van der Waals surface area contributed by atoms with Crippen LogP contribution in [-0.2, 0) is 13.1 Å². The standard InChI is InChI=1S/C16H15F4N3O2/c17-13-4-2-1-3-12(13)9-23-15(24)22-8-11-5-6-21-14(7-11)25-10-16(18,19)20/h1-7H,8-10H2,(H2,22,23,24). The zero-order chi connectivity index (χ0) is 18.3. The molecule has 2 rings (SSSR count). The molecule has 0 aliphatic rings. The number of urea groups is 1. The molecule has 1 aromatic heterocycles. The van der Waals surface area contributed by atoms with E-state index in [1.54, 1.807) is 18.2 Å². The number of amides is 2. The summed E-state index contributed by atoms with van der Waals surface area (Å²) in [6.45, 7) is -1.39. The van der Waals surface area contributed by atoms with Crippen molar-refractivity contribution in [1.82, 2.24) is 15.6 Å². The Morgan fingerprint density at radius 3 is 2.56 bits per heavy atom. The summed E-state index contributed by atoms with van der Waals surface area (Å²) >= 11 is 0. The SMILES string of the molecule is O=C(NCc1ccnc(OCC(F)(F)F)c1)NCc1ccccc1F. The Balaban J connectivity index is 1.80. The van der Waals surface area contributed by atoms with Gasteiger partial charge in [0.15, 0.2) is 6.61 Å². The molecule has 0 saturated carbocycles. The van der Waals surface area contributed by atoms with Gasteiger partial charge >= 0.3 is 12.2 Å². The second-order valence-corrected chi connectivity index (χ2v) is 5.03. The van der Waals surface area contributed by atoms with Gasteiger partial charge in [-0.2, -0.15) is 13.2 Å². The molecule has 0 aliphatic carbocycles. The van der Waals surface area contributed by atoms with Gasteiger partial charge in [-0.3, -0.25) is 0 Å². The summed E-state index contributed by atoms with van der Waals surface area (Å²) in [5.41, 5.74) is 0.845. The summed E-state index contributed by atoms with van der Waals surface area (Å²) < 4.78 is 54.3. The third-order valence-corrected chi connectivity index (χ3v) is 3.03. The lowest BCUT2D eigenvalue weighted by atomic mass is 10.2. The van der Waals surface area contributed by atoms with Gasteiger partial charge in [-0.15, -0.1) is 0 Å². The first kappa shape index (κ1) is 18.5. The Labute approximate surface area is 141 Å². The molecule has 2 amide bonds. The number of hydrogen-bond acceptors (Lipinski definition) is 3. The Bertz CT molecular complexity index is 723. The van der Waals surface area contributed by atoms with Crippen molar-refractivity contribution < 1.29 is 27.1 Å². The van der Waals surface area contributed by atoms with Crippen molar-refractivity contribution in [3.05, 3.63) is 59.5 Å². The van der Waals surface area contributed by atoms with Crippen LogP contribution < -0.4 is 15.4 Å². The number of ether oxygens (including phenoxy) is 1. The average Bonchev–Trinajstić information content (AvgIpc) is 2.57. The van der Waals surface area contributed by atoms with E-state index in [0.29, 0.717) is 11.1 Å². The smallest absolute Gasteiger partial charge is 0.422 e. The fraction of sp³-hybridized carbons (Fsp3) is 0.250. The molecule has 1 aromatic carbocycles. The summed E-state index contributed by atoms with van der Waals surface area (Å²) in [7, 11) is 0. The molecule has 0 atom stereocenters. The lowest BCUT2D eigenvalue weighted by Gasteiger charge is -2.10. The first-order valence-electron chi connectivity index (χ1n) is 7.23. The average molecular weight is 357 g/mol. The van der Waals surface area contributed by atoms with Crippen LogP contribution in [0.2, 0.25) is 0 Å². The van der Waals surface area contributed by atoms with Crippen LogP contribution in [0.5, 0.6) is 5.88 Å². The molecule has 0 spiro atoms. The van der Waals surface area contributed by atoms with Crippen molar-refractivity contribution in [3.8, 4) is 5.88 Å². The fourth-order valence-electron chi connectivity index (χ4n) is 1.86. The molecule has 2 aromatic rings. The number of nitrogens with zero attached hydrogens (tertiary/aromatic N) is 1. The van der Waals surface area contributed by atoms with E-state index < -0.39 is 24.6 Å². The second kappa shape index (κ2) is 8.32. The highest BCUT2D eigenvalue weighted by Crippen LogP contribution is 2.17. The number of nitrogens with one attached hydrogen (secondary N) is 2. The maximum atomic E-state index is 13.4. The van der Waals surface area contributed by atoms with E-state index in [-0.39, 0.29) is 19.0 Å². The molecule has 0 aliphatic heterocycles. The van der Waals surface area contributed by atoms with Gasteiger partial charge < -0.3 is 15.4 Å². The topological polar surface area (TPSA) is 63.2 Å². The Hall–Kier alpha value is -2.84. The van der Waals surface area contributed by atoms with Gasteiger partial charge in [0.25, 0.3) is 0 Å². The number of halogens is 4. The van der Waals surface area contributed by atoms with Gasteiger partial charge in [-0.05, 0) is 17.7 Å². The van der Waals surface area contributed by atoms with E-state index in [4.69, 9.17) is 0 Å². The predicted octanol–water partition coefficient (Wildman–Crippen LogP) is 3.16. The van der Waals surface area contributed by atoms with Crippen molar-refractivity contribution in [3.63, 3.8) is 0 Å². The number of pyridine rings is 1. The van der Waals surface area contributed by atoms with Crippen molar-refractivity contribution in [2.45, 2.75) is 19.3 Å². The third kappa shape index (κ3) is 6.66. The lowest BCUT2D eigenvalue weighted by Crippen LogP contribution is -2.34. The number of aromatic nitrogens is 1. The highest BCUT2D eigenvalue weighted by molar-refractivity contribution is 5.73. The largest absolute Gasteiger partial charge is 0.468 e. The van der Waals surface area contributed by atoms with Crippen molar-refractivity contribution in [2.24, 2.45) is 0 Å². The van der Waals surface area contributed by atoms with E-state index >= 15 is 0 Å². The van der Waals surface area contributed by atoms with Gasteiger partial charge in [0.2, 0.25) is 5.88 Å². The van der Waals surface area contributed by atoms with Crippen LogP contribution in [0.25, 0.3) is 0 Å². The molecule has 9 heteroatoms. The highest BCUT2D eigenvalue weighted by Gasteiger charge is 2.28. The van der Waals surface area contributed by atoms with Crippen molar-refractivity contribution in [1.29, 1.82) is 0 Å². The zero-order valence-corrected chi connectivity index (χ0v) is 12.9. The number of alkyl halides is 3. The summed E-state index contributed by atoms with van der Waals surface area (Å²) in [4.78, 5) is 15.4. The fourth-order valence-corrected chi connectivity index (χ4v) is 1.86. The van der Waals surface area contributed by atoms with Crippen molar-refractivity contribution in [2.75, 3.05) is 6.61 Å². The first-order valence-corrected chi connectivity index (χ1v) is 7.23. The molecule has 5 nitrogen and oxygen atoms in total. The number of rotatable bonds is 6. The van der Waals surface area contributed by atoms with Gasteiger partial charge in [-0.25, -0.2) is 14.2 Å². The Morgan fingerprint density at radius 1 is 1.12 bits per heavy atom. The van der Waals surface area contributed by atoms with Gasteiger partial charge in [0, 0.05) is 30.9 Å². The van der Waals surface area contributed by atoms with Crippen molar-refractivity contribution >= 4 is 6.03 Å². The lowest BCUT2D eigenvalue weighted by molar-refractivity contribution is -0.154. The Morgan fingerprint density at radius 2 is 1.84 bits per heavy atom. The molecule has 1 heterocycles. The van der Waals surface area contributed by atoms with Crippen LogP contribution in [0.15, 0.2) is 42.6 Å². The summed E-state index contributed by atoms with van der Waals surface area (Å²) in [5, 5.41) is 4.99. The molecular formula is C16H15F4N3O2. The minimum absolute atomic E-state index is 0.00873. The van der Waals surface area contributed by atoms with Crippen LogP contribution >= 0.6 is 0 Å². The van der Waals surface area contributed by atoms with Crippen LogP contribution in [0, 0.1) is 5.82 Å². The predicted molar refractivity (Wildman–Crippen MR) is 81.3 cm³/mol. The van der Waals surface area contributed by atoms with Crippen LogP contribution in [0.1, 0.15) is 11.1 Å². The maximum Gasteiger partial charge on any atom is 0.422 e. The number of carbonyl (C=O) groups is 1. The molecule has 0 saturated heterocycles. The minimum atomic E-state index is -4.46. The van der Waals surface area contributed by atoms with Gasteiger partial charge in [-0.1, -0.05) is 18.2 Å². The molecule has 0 bridgehead atoms. The number of benzene rings is 1. The molecule has 0 radical (unpaired) electrons. The highest BCUT2D eigenvalue weighted by atomic mass is 19.4. The molecule has 134 valence electrons. The van der Waals surface area contributed by atoms with Crippen LogP contribution in [-0.4, -0.2) is 23.8 Å². The zero-order valence-electron chi connectivity index (χ0n) is 12.9. The Kier molecular flexibility index (Phi) is 6.15. The van der Waals surface area contributed by atoms with Crippen LogP contribution in [0.3, 0.4) is 0 Å². The van der Waals surface area contributed by atoms with Gasteiger partial charge in [0.05, 0.1) is 0 Å². The number of hydrogen-bond donors (Lipinski definition) is 2. The van der Waals surface area contributed by atoms with E-state index in [2.05, 4.69) is 20.4 Å².